The molecule has 1 aromatic rings. The largest absolute Gasteiger partial charge is 0.459 e. The van der Waals surface area contributed by atoms with E-state index in [-0.39, 0.29) is 12.7 Å². The van der Waals surface area contributed by atoms with Gasteiger partial charge in [0.1, 0.15) is 12.7 Å². The zero-order valence-electron chi connectivity index (χ0n) is 10.8. The first-order chi connectivity index (χ1) is 9.06. The van der Waals surface area contributed by atoms with Gasteiger partial charge in [-0.25, -0.2) is 4.79 Å². The summed E-state index contributed by atoms with van der Waals surface area (Å²) < 4.78 is 10.7. The molecule has 0 saturated carbocycles. The highest BCUT2D eigenvalue weighted by atomic mass is 35.5. The lowest BCUT2D eigenvalue weighted by Gasteiger charge is -2.29. The summed E-state index contributed by atoms with van der Waals surface area (Å²) in [6.07, 6.45) is -0.0868. The van der Waals surface area contributed by atoms with Crippen LogP contribution in [0.15, 0.2) is 18.2 Å². The fraction of sp³-hybridized carbons (Fsp3) is 0.462. The molecule has 0 aliphatic carbocycles. The number of hydrogen-bond donors (Lipinski definition) is 1. The van der Waals surface area contributed by atoms with Gasteiger partial charge in [-0.2, -0.15) is 0 Å². The van der Waals surface area contributed by atoms with Gasteiger partial charge in [-0.1, -0.05) is 11.6 Å². The average Bonchev–Trinajstić information content (AvgIpc) is 2.36. The van der Waals surface area contributed by atoms with Crippen LogP contribution in [0.5, 0.6) is 0 Å². The minimum atomic E-state index is -0.453. The Labute approximate surface area is 117 Å². The number of rotatable bonds is 3. The molecule has 0 bridgehead atoms. The summed E-state index contributed by atoms with van der Waals surface area (Å²) in [4.78, 5) is 14.0. The standard InChI is InChI=1S/C13H17ClN2O3/c1-16-4-5-18-10(7-16)8-19-13(17)11-3-2-9(14)6-12(11)15/h2-3,6,10H,4-5,7-8,15H2,1H3. The van der Waals surface area contributed by atoms with Crippen LogP contribution in [-0.4, -0.2) is 50.3 Å². The summed E-state index contributed by atoms with van der Waals surface area (Å²) in [6, 6.07) is 4.70. The maximum absolute atomic E-state index is 11.9. The van der Waals surface area contributed by atoms with E-state index in [4.69, 9.17) is 26.8 Å². The van der Waals surface area contributed by atoms with E-state index in [1.807, 2.05) is 7.05 Å². The van der Waals surface area contributed by atoms with Gasteiger partial charge in [0, 0.05) is 23.8 Å². The monoisotopic (exact) mass is 284 g/mol. The zero-order valence-corrected chi connectivity index (χ0v) is 11.5. The molecule has 2 N–H and O–H groups in total. The number of morpholine rings is 1. The molecule has 1 aromatic carbocycles. The summed E-state index contributed by atoms with van der Waals surface area (Å²) in [7, 11) is 2.01. The Hall–Kier alpha value is -1.30. The van der Waals surface area contributed by atoms with Gasteiger partial charge in [0.2, 0.25) is 0 Å². The van der Waals surface area contributed by atoms with Crippen molar-refractivity contribution in [1.82, 2.24) is 4.90 Å². The van der Waals surface area contributed by atoms with Crippen LogP contribution in [0.2, 0.25) is 5.02 Å². The number of benzene rings is 1. The second-order valence-electron chi connectivity index (χ2n) is 4.59. The van der Waals surface area contributed by atoms with Gasteiger partial charge >= 0.3 is 5.97 Å². The molecule has 2 rings (SSSR count). The second-order valence-corrected chi connectivity index (χ2v) is 5.02. The van der Waals surface area contributed by atoms with Crippen molar-refractivity contribution in [3.63, 3.8) is 0 Å². The number of likely N-dealkylation sites (N-methyl/N-ethyl adjacent to an activating group) is 1. The lowest BCUT2D eigenvalue weighted by molar-refractivity contribution is -0.0528. The summed E-state index contributed by atoms with van der Waals surface area (Å²) in [5.74, 6) is -0.453. The molecule has 1 aliphatic heterocycles. The van der Waals surface area contributed by atoms with Crippen molar-refractivity contribution >= 4 is 23.3 Å². The molecule has 1 aliphatic rings. The van der Waals surface area contributed by atoms with E-state index in [2.05, 4.69) is 4.90 Å². The van der Waals surface area contributed by atoms with Crippen LogP contribution in [0.3, 0.4) is 0 Å². The number of ether oxygens (including phenoxy) is 2. The molecule has 0 radical (unpaired) electrons. The summed E-state index contributed by atoms with van der Waals surface area (Å²) in [5, 5.41) is 0.492. The third-order valence-electron chi connectivity index (χ3n) is 2.98. The van der Waals surface area contributed by atoms with E-state index in [1.54, 1.807) is 12.1 Å². The smallest absolute Gasteiger partial charge is 0.340 e. The molecule has 104 valence electrons. The van der Waals surface area contributed by atoms with Crippen molar-refractivity contribution in [2.45, 2.75) is 6.10 Å². The average molecular weight is 285 g/mol. The highest BCUT2D eigenvalue weighted by Gasteiger charge is 2.20. The normalized spacial score (nSPS) is 20.2. The number of nitrogens with zero attached hydrogens (tertiary/aromatic N) is 1. The number of esters is 1. The quantitative estimate of drug-likeness (QED) is 0.672. The molecule has 1 atom stereocenters. The van der Waals surface area contributed by atoms with Crippen molar-refractivity contribution in [1.29, 1.82) is 0 Å². The predicted octanol–water partition coefficient (Wildman–Crippen LogP) is 1.41. The number of hydrogen-bond acceptors (Lipinski definition) is 5. The van der Waals surface area contributed by atoms with E-state index >= 15 is 0 Å². The Balaban J connectivity index is 1.90. The number of anilines is 1. The molecule has 1 unspecified atom stereocenters. The Morgan fingerprint density at radius 1 is 1.63 bits per heavy atom. The summed E-state index contributed by atoms with van der Waals surface area (Å²) in [6.45, 7) is 2.53. The van der Waals surface area contributed by atoms with E-state index in [1.165, 1.54) is 6.07 Å². The third kappa shape index (κ3) is 3.83. The minimum Gasteiger partial charge on any atom is -0.459 e. The van der Waals surface area contributed by atoms with E-state index in [0.29, 0.717) is 22.9 Å². The van der Waals surface area contributed by atoms with Gasteiger partial charge in [-0.15, -0.1) is 0 Å². The van der Waals surface area contributed by atoms with Crippen molar-refractivity contribution in [3.05, 3.63) is 28.8 Å². The highest BCUT2D eigenvalue weighted by Crippen LogP contribution is 2.19. The lowest BCUT2D eigenvalue weighted by atomic mass is 10.2. The van der Waals surface area contributed by atoms with Crippen LogP contribution in [0.25, 0.3) is 0 Å². The molecule has 1 heterocycles. The fourth-order valence-electron chi connectivity index (χ4n) is 1.93. The van der Waals surface area contributed by atoms with Gasteiger partial charge in [-0.3, -0.25) is 0 Å². The Morgan fingerprint density at radius 2 is 2.42 bits per heavy atom. The van der Waals surface area contributed by atoms with E-state index in [0.717, 1.165) is 13.1 Å². The third-order valence-corrected chi connectivity index (χ3v) is 3.21. The molecular formula is C13H17ClN2O3. The fourth-order valence-corrected chi connectivity index (χ4v) is 2.11. The first kappa shape index (κ1) is 14.1. The topological polar surface area (TPSA) is 64.8 Å². The van der Waals surface area contributed by atoms with Crippen molar-refractivity contribution in [3.8, 4) is 0 Å². The second kappa shape index (κ2) is 6.23. The highest BCUT2D eigenvalue weighted by molar-refractivity contribution is 6.31. The molecule has 0 aromatic heterocycles. The van der Waals surface area contributed by atoms with Gasteiger partial charge in [0.15, 0.2) is 0 Å². The molecule has 0 spiro atoms. The molecule has 1 saturated heterocycles. The van der Waals surface area contributed by atoms with Crippen molar-refractivity contribution in [2.24, 2.45) is 0 Å². The first-order valence-electron chi connectivity index (χ1n) is 6.08. The molecule has 6 heteroatoms. The van der Waals surface area contributed by atoms with Gasteiger partial charge in [-0.05, 0) is 25.2 Å². The maximum Gasteiger partial charge on any atom is 0.340 e. The first-order valence-corrected chi connectivity index (χ1v) is 6.46. The van der Waals surface area contributed by atoms with Gasteiger partial charge in [0.05, 0.1) is 12.2 Å². The SMILES string of the molecule is CN1CCOC(COC(=O)c2ccc(Cl)cc2N)C1. The molecule has 5 nitrogen and oxygen atoms in total. The van der Waals surface area contributed by atoms with Gasteiger partial charge in [0.25, 0.3) is 0 Å². The lowest BCUT2D eigenvalue weighted by Crippen LogP contribution is -2.42. The van der Waals surface area contributed by atoms with E-state index in [9.17, 15) is 4.79 Å². The summed E-state index contributed by atoms with van der Waals surface area (Å²) >= 11 is 5.78. The van der Waals surface area contributed by atoms with Crippen LogP contribution in [-0.2, 0) is 9.47 Å². The molecule has 19 heavy (non-hydrogen) atoms. The van der Waals surface area contributed by atoms with E-state index < -0.39 is 5.97 Å². The zero-order chi connectivity index (χ0) is 13.8. The van der Waals surface area contributed by atoms with Crippen LogP contribution in [0.4, 0.5) is 5.69 Å². The van der Waals surface area contributed by atoms with Crippen LogP contribution in [0, 0.1) is 0 Å². The summed E-state index contributed by atoms with van der Waals surface area (Å²) in [5.41, 5.74) is 6.37. The number of carbonyl (C=O) groups is 1. The van der Waals surface area contributed by atoms with Crippen molar-refractivity contribution < 1.29 is 14.3 Å². The minimum absolute atomic E-state index is 0.0868. The Bertz CT molecular complexity index is 467. The number of carbonyl (C=O) groups excluding carboxylic acids is 1. The van der Waals surface area contributed by atoms with Crippen LogP contribution < -0.4 is 5.73 Å². The predicted molar refractivity (Wildman–Crippen MR) is 73.4 cm³/mol. The Morgan fingerprint density at radius 3 is 3.11 bits per heavy atom. The molecular weight excluding hydrogens is 268 g/mol. The number of halogens is 1. The maximum atomic E-state index is 11.9. The number of nitrogens with two attached hydrogens (primary N) is 1. The Kier molecular flexibility index (Phi) is 4.63. The van der Waals surface area contributed by atoms with Crippen LogP contribution >= 0.6 is 11.6 Å². The van der Waals surface area contributed by atoms with Crippen molar-refractivity contribution in [2.75, 3.05) is 39.1 Å². The molecule has 0 amide bonds. The number of nitrogen functional groups attached to an aromatic ring is 1. The molecule has 1 fully saturated rings. The van der Waals surface area contributed by atoms with Gasteiger partial charge < -0.3 is 20.1 Å². The van der Waals surface area contributed by atoms with Crippen LogP contribution in [0.1, 0.15) is 10.4 Å².